The van der Waals surface area contributed by atoms with Crippen molar-refractivity contribution in [2.75, 3.05) is 6.54 Å². The molecule has 3 aliphatic rings. The molecule has 3 heterocycles. The van der Waals surface area contributed by atoms with Gasteiger partial charge in [0.05, 0.1) is 17.7 Å². The number of carboxylic acid groups (broad SMARTS) is 1. The Morgan fingerprint density at radius 1 is 1.08 bits per heavy atom. The van der Waals surface area contributed by atoms with E-state index in [0.29, 0.717) is 13.1 Å². The first-order valence-electron chi connectivity index (χ1n) is 8.16. The average molecular weight is 357 g/mol. The standard InChI is InChI=1S/C17H15N3O6/c21-13-2-1-12(15(24)18-13)20-16(25)10-3-8-5-19(7-14(22)23)6-9(8)4-11(10)17(20)26/h3-4,12H,1-2,5-7H2,(H,22,23)(H,18,21,24). The van der Waals surface area contributed by atoms with Crippen molar-refractivity contribution in [1.82, 2.24) is 15.1 Å². The Kier molecular flexibility index (Phi) is 3.62. The lowest BCUT2D eigenvalue weighted by Crippen LogP contribution is -2.54. The van der Waals surface area contributed by atoms with Gasteiger partial charge in [0.15, 0.2) is 0 Å². The van der Waals surface area contributed by atoms with E-state index in [9.17, 15) is 24.0 Å². The Morgan fingerprint density at radius 2 is 1.65 bits per heavy atom. The van der Waals surface area contributed by atoms with E-state index in [1.807, 2.05) is 0 Å². The zero-order valence-corrected chi connectivity index (χ0v) is 13.7. The van der Waals surface area contributed by atoms with Crippen LogP contribution in [0.4, 0.5) is 0 Å². The molecule has 1 aromatic carbocycles. The molecule has 0 radical (unpaired) electrons. The number of carboxylic acids is 1. The number of hydrogen-bond donors (Lipinski definition) is 2. The fraction of sp³-hybridized carbons (Fsp3) is 0.353. The molecule has 1 unspecified atom stereocenters. The van der Waals surface area contributed by atoms with Gasteiger partial charge >= 0.3 is 5.97 Å². The Bertz CT molecular complexity index is 848. The molecule has 1 atom stereocenters. The number of carbonyl (C=O) groups excluding carboxylic acids is 4. The number of nitrogens with zero attached hydrogens (tertiary/aromatic N) is 2. The minimum Gasteiger partial charge on any atom is -0.480 e. The van der Waals surface area contributed by atoms with Crippen LogP contribution in [0.2, 0.25) is 0 Å². The second kappa shape index (κ2) is 5.73. The molecule has 4 amide bonds. The van der Waals surface area contributed by atoms with Crippen LogP contribution < -0.4 is 5.32 Å². The molecule has 1 saturated heterocycles. The van der Waals surface area contributed by atoms with Crippen molar-refractivity contribution in [3.8, 4) is 0 Å². The third-order valence-corrected chi connectivity index (χ3v) is 4.91. The third kappa shape index (κ3) is 2.48. The molecule has 0 bridgehead atoms. The van der Waals surface area contributed by atoms with Gasteiger partial charge in [-0.15, -0.1) is 0 Å². The minimum atomic E-state index is -0.988. The van der Waals surface area contributed by atoms with Gasteiger partial charge in [-0.05, 0) is 29.7 Å². The van der Waals surface area contributed by atoms with E-state index in [4.69, 9.17) is 5.11 Å². The molecule has 1 fully saturated rings. The summed E-state index contributed by atoms with van der Waals surface area (Å²) in [4.78, 5) is 62.3. The summed E-state index contributed by atoms with van der Waals surface area (Å²) in [7, 11) is 0. The number of aliphatic carboxylic acids is 1. The molecule has 2 N–H and O–H groups in total. The number of hydrogen-bond acceptors (Lipinski definition) is 6. The van der Waals surface area contributed by atoms with Gasteiger partial charge < -0.3 is 5.11 Å². The number of imide groups is 2. The highest BCUT2D eigenvalue weighted by molar-refractivity contribution is 6.23. The van der Waals surface area contributed by atoms with Gasteiger partial charge in [-0.2, -0.15) is 0 Å². The first-order chi connectivity index (χ1) is 12.3. The number of rotatable bonds is 3. The number of carbonyl (C=O) groups is 5. The topological polar surface area (TPSA) is 124 Å². The molecule has 0 spiro atoms. The highest BCUT2D eigenvalue weighted by Crippen LogP contribution is 2.33. The third-order valence-electron chi connectivity index (χ3n) is 4.91. The molecular weight excluding hydrogens is 342 g/mol. The van der Waals surface area contributed by atoms with Crippen molar-refractivity contribution < 1.29 is 29.1 Å². The highest BCUT2D eigenvalue weighted by atomic mass is 16.4. The van der Waals surface area contributed by atoms with Gasteiger partial charge in [0.2, 0.25) is 11.8 Å². The molecule has 0 saturated carbocycles. The lowest BCUT2D eigenvalue weighted by atomic mass is 10.0. The predicted molar refractivity (Wildman–Crippen MR) is 84.9 cm³/mol. The van der Waals surface area contributed by atoms with Gasteiger partial charge in [-0.25, -0.2) is 0 Å². The summed E-state index contributed by atoms with van der Waals surface area (Å²) in [6.07, 6.45) is 0.187. The molecule has 3 aliphatic heterocycles. The van der Waals surface area contributed by atoms with E-state index in [-0.39, 0.29) is 30.5 Å². The lowest BCUT2D eigenvalue weighted by Gasteiger charge is -2.27. The fourth-order valence-electron chi connectivity index (χ4n) is 3.74. The molecular formula is C17H15N3O6. The smallest absolute Gasteiger partial charge is 0.317 e. The molecule has 0 aromatic heterocycles. The SMILES string of the molecule is O=C(O)CN1Cc2cc3c(cc2C1)C(=O)N(C1CCC(=O)NC1=O)C3=O. The monoisotopic (exact) mass is 357 g/mol. The van der Waals surface area contributed by atoms with Gasteiger partial charge in [0.1, 0.15) is 6.04 Å². The van der Waals surface area contributed by atoms with Crippen molar-refractivity contribution in [1.29, 1.82) is 0 Å². The van der Waals surface area contributed by atoms with Gasteiger partial charge in [0, 0.05) is 19.5 Å². The largest absolute Gasteiger partial charge is 0.480 e. The van der Waals surface area contributed by atoms with E-state index in [1.54, 1.807) is 17.0 Å². The Balaban J connectivity index is 1.62. The van der Waals surface area contributed by atoms with Crippen LogP contribution in [0.1, 0.15) is 44.7 Å². The summed E-state index contributed by atoms with van der Waals surface area (Å²) in [6.45, 7) is 0.646. The minimum absolute atomic E-state index is 0.0739. The normalized spacial score (nSPS) is 22.5. The second-order valence-corrected chi connectivity index (χ2v) is 6.65. The summed E-state index contributed by atoms with van der Waals surface area (Å²) >= 11 is 0. The number of amides is 4. The van der Waals surface area contributed by atoms with Crippen LogP contribution in [-0.2, 0) is 27.5 Å². The summed E-state index contributed by atoms with van der Waals surface area (Å²) in [5.41, 5.74) is 2.04. The first kappa shape index (κ1) is 16.4. The van der Waals surface area contributed by atoms with Gasteiger partial charge in [-0.1, -0.05) is 0 Å². The van der Waals surface area contributed by atoms with Crippen molar-refractivity contribution in [3.63, 3.8) is 0 Å². The van der Waals surface area contributed by atoms with E-state index < -0.39 is 35.6 Å². The van der Waals surface area contributed by atoms with E-state index in [2.05, 4.69) is 5.32 Å². The fourth-order valence-corrected chi connectivity index (χ4v) is 3.74. The Hall–Kier alpha value is -3.07. The number of nitrogens with one attached hydrogen (secondary N) is 1. The van der Waals surface area contributed by atoms with Crippen molar-refractivity contribution in [2.45, 2.75) is 32.0 Å². The number of fused-ring (bicyclic) bond motifs is 2. The Morgan fingerprint density at radius 3 is 2.15 bits per heavy atom. The van der Waals surface area contributed by atoms with Crippen LogP contribution >= 0.6 is 0 Å². The second-order valence-electron chi connectivity index (χ2n) is 6.65. The maximum atomic E-state index is 12.7. The quantitative estimate of drug-likeness (QED) is 0.698. The number of piperidine rings is 1. The predicted octanol–water partition coefficient (Wildman–Crippen LogP) is -0.512. The zero-order valence-electron chi connectivity index (χ0n) is 13.7. The molecule has 1 aromatic rings. The summed E-state index contributed by atoms with van der Waals surface area (Å²) < 4.78 is 0. The van der Waals surface area contributed by atoms with Crippen LogP contribution in [-0.4, -0.2) is 57.1 Å². The maximum absolute atomic E-state index is 12.7. The lowest BCUT2D eigenvalue weighted by molar-refractivity contribution is -0.139. The van der Waals surface area contributed by atoms with Crippen molar-refractivity contribution in [2.24, 2.45) is 0 Å². The zero-order chi connectivity index (χ0) is 18.6. The molecule has 0 aliphatic carbocycles. The molecule has 9 heteroatoms. The maximum Gasteiger partial charge on any atom is 0.317 e. The molecule has 4 rings (SSSR count). The van der Waals surface area contributed by atoms with Crippen LogP contribution in [0.5, 0.6) is 0 Å². The summed E-state index contributed by atoms with van der Waals surface area (Å²) in [6, 6.07) is 2.23. The average Bonchev–Trinajstić information content (AvgIpc) is 3.05. The molecule has 134 valence electrons. The van der Waals surface area contributed by atoms with Gasteiger partial charge in [0.25, 0.3) is 11.8 Å². The first-order valence-corrected chi connectivity index (χ1v) is 8.16. The Labute approximate surface area is 147 Å². The molecule has 9 nitrogen and oxygen atoms in total. The van der Waals surface area contributed by atoms with Crippen LogP contribution in [0.3, 0.4) is 0 Å². The van der Waals surface area contributed by atoms with Crippen LogP contribution in [0.25, 0.3) is 0 Å². The van der Waals surface area contributed by atoms with E-state index >= 15 is 0 Å². The highest BCUT2D eigenvalue weighted by Gasteiger charge is 2.45. The summed E-state index contributed by atoms with van der Waals surface area (Å²) in [5.74, 6) is -3.12. The van der Waals surface area contributed by atoms with Crippen LogP contribution in [0, 0.1) is 0 Å². The van der Waals surface area contributed by atoms with Gasteiger partial charge in [-0.3, -0.25) is 39.1 Å². The number of benzene rings is 1. The summed E-state index contributed by atoms with van der Waals surface area (Å²) in [5, 5.41) is 11.1. The van der Waals surface area contributed by atoms with Crippen molar-refractivity contribution >= 4 is 29.6 Å². The molecule has 26 heavy (non-hydrogen) atoms. The van der Waals surface area contributed by atoms with E-state index in [1.165, 1.54) is 0 Å². The van der Waals surface area contributed by atoms with Crippen molar-refractivity contribution in [3.05, 3.63) is 34.4 Å². The van der Waals surface area contributed by atoms with E-state index in [0.717, 1.165) is 16.0 Å². The van der Waals surface area contributed by atoms with Crippen LogP contribution in [0.15, 0.2) is 12.1 Å².